The van der Waals surface area contributed by atoms with Crippen LogP contribution in [0.25, 0.3) is 0 Å². The second kappa shape index (κ2) is 4.98. The van der Waals surface area contributed by atoms with Crippen LogP contribution < -0.4 is 0 Å². The van der Waals surface area contributed by atoms with Gasteiger partial charge in [-0.2, -0.15) is 0 Å². The summed E-state index contributed by atoms with van der Waals surface area (Å²) in [5, 5.41) is 2.50. The van der Waals surface area contributed by atoms with E-state index in [1.165, 1.54) is 11.3 Å². The number of hydrogen-bond acceptors (Lipinski definition) is 3. The van der Waals surface area contributed by atoms with E-state index in [9.17, 15) is 4.79 Å². The molecule has 0 fully saturated rings. The van der Waals surface area contributed by atoms with Crippen molar-refractivity contribution in [3.05, 3.63) is 50.9 Å². The maximum Gasteiger partial charge on any atom is 0.181 e. The fraction of sp³-hybridized carbons (Fsp3) is 0.231. The Bertz CT molecular complexity index is 536. The number of carbonyl (C=O) groups is 1. The molecule has 4 heteroatoms. The van der Waals surface area contributed by atoms with Gasteiger partial charge in [0.05, 0.1) is 9.90 Å². The molecule has 0 aliphatic rings. The topological polar surface area (TPSA) is 30.0 Å². The molecule has 0 aliphatic heterocycles. The van der Waals surface area contributed by atoms with Crippen LogP contribution in [0.5, 0.6) is 0 Å². The zero-order valence-corrected chi connectivity index (χ0v) is 11.2. The number of rotatable bonds is 3. The molecule has 2 heterocycles. The fourth-order valence-electron chi connectivity index (χ4n) is 1.60. The first-order chi connectivity index (χ1) is 8.11. The molecule has 0 N–H and O–H groups in total. The van der Waals surface area contributed by atoms with E-state index in [0.717, 1.165) is 11.1 Å². The number of Topliss-reactive ketones (excluding diaryl/α,β-unsaturated/α-hetero) is 1. The van der Waals surface area contributed by atoms with E-state index in [1.807, 2.05) is 31.4 Å². The van der Waals surface area contributed by atoms with E-state index in [1.54, 1.807) is 12.4 Å². The van der Waals surface area contributed by atoms with Crippen LogP contribution in [0.15, 0.2) is 29.9 Å². The van der Waals surface area contributed by atoms with Gasteiger partial charge in [-0.3, -0.25) is 9.78 Å². The average Bonchev–Trinajstić information content (AvgIpc) is 2.69. The Balaban J connectivity index is 2.30. The van der Waals surface area contributed by atoms with Crippen molar-refractivity contribution in [3.63, 3.8) is 0 Å². The highest BCUT2D eigenvalue weighted by Crippen LogP contribution is 2.31. The van der Waals surface area contributed by atoms with E-state index < -0.39 is 0 Å². The lowest BCUT2D eigenvalue weighted by Crippen LogP contribution is -2.08. The lowest BCUT2D eigenvalue weighted by molar-refractivity contribution is 0.0970. The van der Waals surface area contributed by atoms with Gasteiger partial charge < -0.3 is 0 Å². The van der Waals surface area contributed by atoms with Crippen LogP contribution in [0, 0.1) is 6.92 Å². The van der Waals surface area contributed by atoms with Crippen molar-refractivity contribution in [1.29, 1.82) is 0 Å². The number of hydrogen-bond donors (Lipinski definition) is 0. The molecular weight excluding hydrogens is 254 g/mol. The van der Waals surface area contributed by atoms with Crippen molar-refractivity contribution in [2.45, 2.75) is 19.8 Å². The molecule has 0 saturated carbocycles. The van der Waals surface area contributed by atoms with Crippen LogP contribution in [-0.4, -0.2) is 10.8 Å². The van der Waals surface area contributed by atoms with Gasteiger partial charge in [0.2, 0.25) is 0 Å². The molecule has 2 aromatic rings. The molecule has 2 rings (SSSR count). The molecule has 1 unspecified atom stereocenters. The number of carbonyl (C=O) groups excluding carboxylic acids is 1. The van der Waals surface area contributed by atoms with Crippen LogP contribution in [-0.2, 0) is 0 Å². The molecule has 88 valence electrons. The maximum atomic E-state index is 12.3. The summed E-state index contributed by atoms with van der Waals surface area (Å²) in [5.41, 5.74) is 1.93. The van der Waals surface area contributed by atoms with Crippen LogP contribution in [0.2, 0.25) is 5.02 Å². The van der Waals surface area contributed by atoms with Crippen molar-refractivity contribution >= 4 is 28.7 Å². The molecule has 0 spiro atoms. The number of pyridine rings is 1. The van der Waals surface area contributed by atoms with Gasteiger partial charge in [0, 0.05) is 18.3 Å². The monoisotopic (exact) mass is 265 g/mol. The molecule has 0 saturated heterocycles. The molecule has 1 atom stereocenters. The Morgan fingerprint density at radius 1 is 1.41 bits per heavy atom. The summed E-state index contributed by atoms with van der Waals surface area (Å²) in [7, 11) is 0. The van der Waals surface area contributed by atoms with Crippen LogP contribution in [0.3, 0.4) is 0 Å². The van der Waals surface area contributed by atoms with Gasteiger partial charge in [-0.25, -0.2) is 0 Å². The second-order valence-corrected chi connectivity index (χ2v) is 5.19. The second-order valence-electron chi connectivity index (χ2n) is 3.93. The summed E-state index contributed by atoms with van der Waals surface area (Å²) in [5.74, 6) is -0.118. The van der Waals surface area contributed by atoms with E-state index in [4.69, 9.17) is 11.6 Å². The van der Waals surface area contributed by atoms with Crippen molar-refractivity contribution in [3.8, 4) is 0 Å². The number of ketones is 1. The minimum Gasteiger partial charge on any atom is -0.293 e. The number of nitrogens with zero attached hydrogens (tertiary/aromatic N) is 1. The third kappa shape index (κ3) is 2.40. The van der Waals surface area contributed by atoms with Crippen LogP contribution in [0.1, 0.15) is 33.6 Å². The largest absolute Gasteiger partial charge is 0.293 e. The van der Waals surface area contributed by atoms with E-state index in [2.05, 4.69) is 4.98 Å². The number of halogens is 1. The van der Waals surface area contributed by atoms with E-state index in [-0.39, 0.29) is 11.7 Å². The zero-order valence-electron chi connectivity index (χ0n) is 9.61. The highest BCUT2D eigenvalue weighted by Gasteiger charge is 2.21. The average molecular weight is 266 g/mol. The van der Waals surface area contributed by atoms with Gasteiger partial charge >= 0.3 is 0 Å². The van der Waals surface area contributed by atoms with Crippen LogP contribution >= 0.6 is 22.9 Å². The quantitative estimate of drug-likeness (QED) is 0.783. The molecule has 0 aromatic carbocycles. The molecule has 2 nitrogen and oxygen atoms in total. The Kier molecular flexibility index (Phi) is 3.60. The summed E-state index contributed by atoms with van der Waals surface area (Å²) in [6.07, 6.45) is 3.39. The van der Waals surface area contributed by atoms with Gasteiger partial charge in [0.1, 0.15) is 0 Å². The first-order valence-electron chi connectivity index (χ1n) is 5.29. The Morgan fingerprint density at radius 3 is 2.59 bits per heavy atom. The zero-order chi connectivity index (χ0) is 12.4. The summed E-state index contributed by atoms with van der Waals surface area (Å²) in [6, 6.07) is 3.72. The summed E-state index contributed by atoms with van der Waals surface area (Å²) >= 11 is 7.52. The van der Waals surface area contributed by atoms with Crippen molar-refractivity contribution < 1.29 is 4.79 Å². The highest BCUT2D eigenvalue weighted by atomic mass is 35.5. The van der Waals surface area contributed by atoms with Crippen LogP contribution in [0.4, 0.5) is 0 Å². The summed E-state index contributed by atoms with van der Waals surface area (Å²) < 4.78 is 0. The first-order valence-corrected chi connectivity index (χ1v) is 6.54. The SMILES string of the molecule is Cc1csc(C(=O)C(C)c2ccncc2)c1Cl. The lowest BCUT2D eigenvalue weighted by Gasteiger charge is -2.09. The standard InChI is InChI=1S/C13H12ClNOS/c1-8-7-17-13(11(8)14)12(16)9(2)10-3-5-15-6-4-10/h3-7,9H,1-2H3. The molecule has 2 aromatic heterocycles. The maximum absolute atomic E-state index is 12.3. The molecule has 0 bridgehead atoms. The molecular formula is C13H12ClNOS. The summed E-state index contributed by atoms with van der Waals surface area (Å²) in [4.78, 5) is 16.9. The van der Waals surface area contributed by atoms with Gasteiger partial charge in [-0.1, -0.05) is 18.5 Å². The Hall–Kier alpha value is -1.19. The number of thiophene rings is 1. The van der Waals surface area contributed by atoms with Gasteiger partial charge in [0.15, 0.2) is 5.78 Å². The fourth-order valence-corrected chi connectivity index (χ4v) is 2.91. The van der Waals surface area contributed by atoms with Crippen molar-refractivity contribution in [1.82, 2.24) is 4.98 Å². The van der Waals surface area contributed by atoms with E-state index >= 15 is 0 Å². The number of aromatic nitrogens is 1. The Morgan fingerprint density at radius 2 is 2.06 bits per heavy atom. The van der Waals surface area contributed by atoms with E-state index in [0.29, 0.717) is 9.90 Å². The molecule has 0 radical (unpaired) electrons. The third-order valence-corrected chi connectivity index (χ3v) is 4.43. The predicted molar refractivity (Wildman–Crippen MR) is 71.0 cm³/mol. The molecule has 0 aliphatic carbocycles. The minimum absolute atomic E-state index is 0.0688. The first kappa shape index (κ1) is 12.3. The van der Waals surface area contributed by atoms with Crippen molar-refractivity contribution in [2.24, 2.45) is 0 Å². The highest BCUT2D eigenvalue weighted by molar-refractivity contribution is 7.13. The summed E-state index contributed by atoms with van der Waals surface area (Å²) in [6.45, 7) is 3.80. The predicted octanol–water partition coefficient (Wildman–Crippen LogP) is 4.09. The number of aryl methyl sites for hydroxylation is 1. The van der Waals surface area contributed by atoms with Gasteiger partial charge in [-0.15, -0.1) is 11.3 Å². The lowest BCUT2D eigenvalue weighted by atomic mass is 9.97. The smallest absolute Gasteiger partial charge is 0.181 e. The Labute approximate surface area is 109 Å². The third-order valence-electron chi connectivity index (χ3n) is 2.72. The van der Waals surface area contributed by atoms with Gasteiger partial charge in [0.25, 0.3) is 0 Å². The molecule has 0 amide bonds. The minimum atomic E-state index is -0.187. The normalized spacial score (nSPS) is 12.4. The van der Waals surface area contributed by atoms with Crippen molar-refractivity contribution in [2.75, 3.05) is 0 Å². The van der Waals surface area contributed by atoms with Gasteiger partial charge in [-0.05, 0) is 35.6 Å². The molecule has 17 heavy (non-hydrogen) atoms.